The SMILES string of the molecule is c1ccc(-c2ccc(OC3CCNCC3)nc2)cc1. The summed E-state index contributed by atoms with van der Waals surface area (Å²) in [4.78, 5) is 4.41. The van der Waals surface area contributed by atoms with Gasteiger partial charge in [0.25, 0.3) is 0 Å². The minimum atomic E-state index is 0.302. The summed E-state index contributed by atoms with van der Waals surface area (Å²) in [6.07, 6.45) is 4.30. The molecule has 3 nitrogen and oxygen atoms in total. The van der Waals surface area contributed by atoms with Gasteiger partial charge in [0.2, 0.25) is 5.88 Å². The first kappa shape index (κ1) is 12.2. The van der Waals surface area contributed by atoms with Crippen molar-refractivity contribution in [2.75, 3.05) is 13.1 Å². The molecule has 0 aliphatic carbocycles. The van der Waals surface area contributed by atoms with Gasteiger partial charge < -0.3 is 10.1 Å². The smallest absolute Gasteiger partial charge is 0.213 e. The van der Waals surface area contributed by atoms with Gasteiger partial charge in [-0.25, -0.2) is 4.98 Å². The predicted octanol–water partition coefficient (Wildman–Crippen LogP) is 2.88. The number of hydrogen-bond donors (Lipinski definition) is 1. The fourth-order valence-electron chi connectivity index (χ4n) is 2.34. The van der Waals surface area contributed by atoms with E-state index in [1.54, 1.807) is 0 Å². The van der Waals surface area contributed by atoms with Crippen LogP contribution in [-0.4, -0.2) is 24.2 Å². The average Bonchev–Trinajstić information content (AvgIpc) is 2.50. The summed E-state index contributed by atoms with van der Waals surface area (Å²) in [7, 11) is 0. The van der Waals surface area contributed by atoms with Crippen LogP contribution in [0.5, 0.6) is 5.88 Å². The van der Waals surface area contributed by atoms with Gasteiger partial charge in [-0.05, 0) is 37.6 Å². The summed E-state index contributed by atoms with van der Waals surface area (Å²) in [5.41, 5.74) is 2.31. The monoisotopic (exact) mass is 254 g/mol. The van der Waals surface area contributed by atoms with Crippen LogP contribution in [0.3, 0.4) is 0 Å². The largest absolute Gasteiger partial charge is 0.474 e. The van der Waals surface area contributed by atoms with Crippen molar-refractivity contribution in [1.29, 1.82) is 0 Å². The van der Waals surface area contributed by atoms with Gasteiger partial charge in [-0.2, -0.15) is 0 Å². The first-order valence-corrected chi connectivity index (χ1v) is 6.81. The fraction of sp³-hybridized carbons (Fsp3) is 0.312. The van der Waals surface area contributed by atoms with Crippen LogP contribution >= 0.6 is 0 Å². The van der Waals surface area contributed by atoms with Crippen molar-refractivity contribution >= 4 is 0 Å². The predicted molar refractivity (Wildman–Crippen MR) is 76.2 cm³/mol. The zero-order valence-corrected chi connectivity index (χ0v) is 10.9. The number of benzene rings is 1. The molecule has 98 valence electrons. The van der Waals surface area contributed by atoms with E-state index < -0.39 is 0 Å². The van der Waals surface area contributed by atoms with E-state index >= 15 is 0 Å². The molecule has 19 heavy (non-hydrogen) atoms. The normalized spacial score (nSPS) is 16.2. The fourth-order valence-corrected chi connectivity index (χ4v) is 2.34. The third-order valence-electron chi connectivity index (χ3n) is 3.42. The topological polar surface area (TPSA) is 34.1 Å². The molecule has 1 N–H and O–H groups in total. The van der Waals surface area contributed by atoms with Crippen LogP contribution < -0.4 is 10.1 Å². The number of nitrogens with zero attached hydrogens (tertiary/aromatic N) is 1. The number of pyridine rings is 1. The van der Waals surface area contributed by atoms with E-state index in [2.05, 4.69) is 28.5 Å². The van der Waals surface area contributed by atoms with Gasteiger partial charge in [-0.1, -0.05) is 30.3 Å². The lowest BCUT2D eigenvalue weighted by atomic mass is 10.1. The summed E-state index contributed by atoms with van der Waals surface area (Å²) in [5, 5.41) is 3.33. The standard InChI is InChI=1S/C16H18N2O/c1-2-4-13(5-3-1)14-6-7-16(18-12-14)19-15-8-10-17-11-9-15/h1-7,12,15,17H,8-11H2. The van der Waals surface area contributed by atoms with Crippen molar-refractivity contribution in [2.24, 2.45) is 0 Å². The lowest BCUT2D eigenvalue weighted by Gasteiger charge is -2.23. The van der Waals surface area contributed by atoms with E-state index in [1.807, 2.05) is 30.5 Å². The highest BCUT2D eigenvalue weighted by Crippen LogP contribution is 2.21. The van der Waals surface area contributed by atoms with E-state index in [0.29, 0.717) is 6.10 Å². The zero-order valence-electron chi connectivity index (χ0n) is 10.9. The maximum atomic E-state index is 5.90. The molecule has 0 radical (unpaired) electrons. The second-order valence-corrected chi connectivity index (χ2v) is 4.82. The minimum Gasteiger partial charge on any atom is -0.474 e. The molecular weight excluding hydrogens is 236 g/mol. The molecule has 0 atom stereocenters. The summed E-state index contributed by atoms with van der Waals surface area (Å²) in [6.45, 7) is 2.07. The maximum absolute atomic E-state index is 5.90. The first-order valence-electron chi connectivity index (χ1n) is 6.81. The van der Waals surface area contributed by atoms with Gasteiger partial charge in [0.15, 0.2) is 0 Å². The Balaban J connectivity index is 1.68. The van der Waals surface area contributed by atoms with Crippen LogP contribution in [0, 0.1) is 0 Å². The van der Waals surface area contributed by atoms with Gasteiger partial charge >= 0.3 is 0 Å². The molecule has 2 heterocycles. The highest BCUT2D eigenvalue weighted by atomic mass is 16.5. The summed E-state index contributed by atoms with van der Waals surface area (Å²) >= 11 is 0. The molecule has 3 rings (SSSR count). The number of hydrogen-bond acceptors (Lipinski definition) is 3. The number of rotatable bonds is 3. The Bertz CT molecular complexity index is 504. The Morgan fingerprint density at radius 1 is 0.947 bits per heavy atom. The summed E-state index contributed by atoms with van der Waals surface area (Å²) < 4.78 is 5.90. The Labute approximate surface area is 113 Å². The Morgan fingerprint density at radius 2 is 1.74 bits per heavy atom. The van der Waals surface area contributed by atoms with Crippen LogP contribution in [0.2, 0.25) is 0 Å². The van der Waals surface area contributed by atoms with Gasteiger partial charge in [-0.15, -0.1) is 0 Å². The zero-order chi connectivity index (χ0) is 12.9. The molecule has 1 aliphatic heterocycles. The molecule has 1 fully saturated rings. The number of aromatic nitrogens is 1. The highest BCUT2D eigenvalue weighted by molar-refractivity contribution is 5.62. The molecule has 0 bridgehead atoms. The molecule has 3 heteroatoms. The van der Waals surface area contributed by atoms with Crippen LogP contribution in [0.4, 0.5) is 0 Å². The Hall–Kier alpha value is -1.87. The summed E-state index contributed by atoms with van der Waals surface area (Å²) in [6, 6.07) is 14.3. The maximum Gasteiger partial charge on any atom is 0.213 e. The molecule has 2 aromatic rings. The van der Waals surface area contributed by atoms with Crippen LogP contribution in [0.1, 0.15) is 12.8 Å². The van der Waals surface area contributed by atoms with Gasteiger partial charge in [-0.3, -0.25) is 0 Å². The number of ether oxygens (including phenoxy) is 1. The van der Waals surface area contributed by atoms with E-state index in [4.69, 9.17) is 4.74 Å². The third kappa shape index (κ3) is 3.12. The average molecular weight is 254 g/mol. The van der Waals surface area contributed by atoms with E-state index in [-0.39, 0.29) is 0 Å². The molecule has 1 saturated heterocycles. The quantitative estimate of drug-likeness (QED) is 0.914. The second kappa shape index (κ2) is 5.85. The molecule has 1 aromatic heterocycles. The van der Waals surface area contributed by atoms with Crippen molar-refractivity contribution in [3.05, 3.63) is 48.7 Å². The summed E-state index contributed by atoms with van der Waals surface area (Å²) in [5.74, 6) is 0.728. The van der Waals surface area contributed by atoms with Crippen molar-refractivity contribution in [3.63, 3.8) is 0 Å². The van der Waals surface area contributed by atoms with Crippen molar-refractivity contribution in [1.82, 2.24) is 10.3 Å². The van der Waals surface area contributed by atoms with Crippen LogP contribution in [0.25, 0.3) is 11.1 Å². The molecule has 1 aliphatic rings. The third-order valence-corrected chi connectivity index (χ3v) is 3.42. The van der Waals surface area contributed by atoms with E-state index in [1.165, 1.54) is 5.56 Å². The van der Waals surface area contributed by atoms with E-state index in [0.717, 1.165) is 37.4 Å². The van der Waals surface area contributed by atoms with Crippen molar-refractivity contribution in [3.8, 4) is 17.0 Å². The molecule has 0 amide bonds. The lowest BCUT2D eigenvalue weighted by molar-refractivity contribution is 0.156. The molecule has 0 saturated carbocycles. The Kier molecular flexibility index (Phi) is 3.75. The highest BCUT2D eigenvalue weighted by Gasteiger charge is 2.14. The van der Waals surface area contributed by atoms with Gasteiger partial charge in [0, 0.05) is 17.8 Å². The lowest BCUT2D eigenvalue weighted by Crippen LogP contribution is -2.34. The number of nitrogens with one attached hydrogen (secondary N) is 1. The molecule has 1 aromatic carbocycles. The van der Waals surface area contributed by atoms with Crippen molar-refractivity contribution < 1.29 is 4.74 Å². The molecular formula is C16H18N2O. The van der Waals surface area contributed by atoms with Crippen LogP contribution in [-0.2, 0) is 0 Å². The van der Waals surface area contributed by atoms with Crippen molar-refractivity contribution in [2.45, 2.75) is 18.9 Å². The van der Waals surface area contributed by atoms with Gasteiger partial charge in [0.05, 0.1) is 0 Å². The van der Waals surface area contributed by atoms with Crippen LogP contribution in [0.15, 0.2) is 48.7 Å². The van der Waals surface area contributed by atoms with E-state index in [9.17, 15) is 0 Å². The minimum absolute atomic E-state index is 0.302. The second-order valence-electron chi connectivity index (χ2n) is 4.82. The Morgan fingerprint density at radius 3 is 2.42 bits per heavy atom. The number of piperidine rings is 1. The molecule has 0 unspecified atom stereocenters. The van der Waals surface area contributed by atoms with Gasteiger partial charge in [0.1, 0.15) is 6.10 Å². The molecule has 0 spiro atoms. The first-order chi connectivity index (χ1) is 9.42.